The SMILES string of the molecule is CC1(C)c2cc(/C=C/c3ccc(-c4ccc(N5C6=C(C=CCC6)C=Cc6ccccc65)c5ccccc45)cc3)ccc2-c2ccc(N3CCCc4ccccc43)cc21. The standard InChI is InChI=1S/C56H46N2/c1-56(2)50-36-39(25-31-47(50)48-32-30-44(37-51(48)56)57-35-11-15-41-12-3-8-18-52(41)57)22-21-38-23-26-40(27-24-38)45-33-34-55(49-17-7-6-16-46(45)49)58-53-19-9-4-13-42(53)28-29-43-14-5-10-20-54(43)58/h3-9,12-14,16-19,21-34,36-37H,10-11,15,20,35H2,1-2H3/b22-21+. The molecule has 0 spiro atoms. The molecule has 280 valence electrons. The summed E-state index contributed by atoms with van der Waals surface area (Å²) in [5, 5.41) is 2.53. The van der Waals surface area contributed by atoms with Crippen LogP contribution in [0.15, 0.2) is 175 Å². The van der Waals surface area contributed by atoms with Crippen LogP contribution in [0, 0.1) is 0 Å². The fourth-order valence-corrected chi connectivity index (χ4v) is 10.0. The Morgan fingerprint density at radius 3 is 2.14 bits per heavy atom. The highest BCUT2D eigenvalue weighted by atomic mass is 15.2. The molecule has 58 heavy (non-hydrogen) atoms. The van der Waals surface area contributed by atoms with Gasteiger partial charge < -0.3 is 9.80 Å². The first kappa shape index (κ1) is 34.6. The van der Waals surface area contributed by atoms with E-state index in [1.54, 1.807) is 0 Å². The van der Waals surface area contributed by atoms with E-state index in [1.165, 1.54) is 107 Å². The van der Waals surface area contributed by atoms with Crippen molar-refractivity contribution in [3.63, 3.8) is 0 Å². The number of benzene rings is 7. The second-order valence-corrected chi connectivity index (χ2v) is 16.7. The van der Waals surface area contributed by atoms with Crippen molar-refractivity contribution < 1.29 is 0 Å². The molecule has 4 aliphatic rings. The van der Waals surface area contributed by atoms with Crippen LogP contribution < -0.4 is 9.80 Å². The van der Waals surface area contributed by atoms with Crippen molar-refractivity contribution >= 4 is 51.8 Å². The van der Waals surface area contributed by atoms with E-state index in [4.69, 9.17) is 0 Å². The van der Waals surface area contributed by atoms with Crippen molar-refractivity contribution in [2.75, 3.05) is 16.3 Å². The molecule has 2 heterocycles. The highest BCUT2D eigenvalue weighted by molar-refractivity contribution is 6.06. The summed E-state index contributed by atoms with van der Waals surface area (Å²) in [6, 6.07) is 54.5. The highest BCUT2D eigenvalue weighted by Gasteiger charge is 2.36. The largest absolute Gasteiger partial charge is 0.341 e. The molecule has 0 amide bonds. The third kappa shape index (κ3) is 5.70. The van der Waals surface area contributed by atoms with Gasteiger partial charge in [0.2, 0.25) is 0 Å². The molecule has 0 fully saturated rings. The summed E-state index contributed by atoms with van der Waals surface area (Å²) in [6.45, 7) is 5.84. The molecule has 0 radical (unpaired) electrons. The van der Waals surface area contributed by atoms with Crippen molar-refractivity contribution in [1.29, 1.82) is 0 Å². The van der Waals surface area contributed by atoms with Crippen molar-refractivity contribution in [3.05, 3.63) is 208 Å². The van der Waals surface area contributed by atoms with Gasteiger partial charge in [0.15, 0.2) is 0 Å². The van der Waals surface area contributed by atoms with Crippen molar-refractivity contribution in [1.82, 2.24) is 0 Å². The minimum absolute atomic E-state index is 0.0834. The van der Waals surface area contributed by atoms with Crippen LogP contribution in [0.4, 0.5) is 22.7 Å². The Kier molecular flexibility index (Phi) is 8.22. The van der Waals surface area contributed by atoms with Crippen LogP contribution in [-0.4, -0.2) is 6.54 Å². The van der Waals surface area contributed by atoms with E-state index < -0.39 is 0 Å². The van der Waals surface area contributed by atoms with Gasteiger partial charge in [-0.25, -0.2) is 0 Å². The number of hydrogen-bond donors (Lipinski definition) is 0. The molecule has 0 saturated heterocycles. The van der Waals surface area contributed by atoms with Crippen LogP contribution in [0.5, 0.6) is 0 Å². The van der Waals surface area contributed by atoms with Crippen molar-refractivity contribution in [3.8, 4) is 22.3 Å². The zero-order valence-corrected chi connectivity index (χ0v) is 33.3. The Morgan fingerprint density at radius 2 is 1.26 bits per heavy atom. The molecular weight excluding hydrogens is 701 g/mol. The quantitative estimate of drug-likeness (QED) is 0.162. The van der Waals surface area contributed by atoms with Crippen molar-refractivity contribution in [2.24, 2.45) is 0 Å². The maximum atomic E-state index is 2.52. The third-order valence-electron chi connectivity index (χ3n) is 13.0. The minimum atomic E-state index is -0.0834. The van der Waals surface area contributed by atoms with Gasteiger partial charge in [-0.05, 0) is 123 Å². The summed E-state index contributed by atoms with van der Waals surface area (Å²) in [5.41, 5.74) is 20.8. The topological polar surface area (TPSA) is 6.48 Å². The van der Waals surface area contributed by atoms with E-state index in [1.807, 2.05) is 0 Å². The number of nitrogens with zero attached hydrogens (tertiary/aromatic N) is 2. The monoisotopic (exact) mass is 746 g/mol. The molecule has 0 aromatic heterocycles. The number of anilines is 4. The second-order valence-electron chi connectivity index (χ2n) is 16.7. The molecule has 7 aromatic rings. The molecule has 7 aromatic carbocycles. The van der Waals surface area contributed by atoms with Gasteiger partial charge in [-0.2, -0.15) is 0 Å². The first-order valence-corrected chi connectivity index (χ1v) is 20.9. The average Bonchev–Trinajstić information content (AvgIpc) is 3.38. The molecule has 2 aliphatic carbocycles. The summed E-state index contributed by atoms with van der Waals surface area (Å²) < 4.78 is 0. The van der Waals surface area contributed by atoms with Gasteiger partial charge in [0.25, 0.3) is 0 Å². The Balaban J connectivity index is 0.875. The predicted molar refractivity (Wildman–Crippen MR) is 247 cm³/mol. The number of hydrogen-bond acceptors (Lipinski definition) is 2. The Hall–Kier alpha value is -6.64. The first-order chi connectivity index (χ1) is 28.5. The van der Waals surface area contributed by atoms with Gasteiger partial charge in [-0.1, -0.05) is 166 Å². The molecule has 2 heteroatoms. The molecule has 0 bridgehead atoms. The summed E-state index contributed by atoms with van der Waals surface area (Å²) in [5.74, 6) is 0. The molecular formula is C56H46N2. The predicted octanol–water partition coefficient (Wildman–Crippen LogP) is 14.8. The lowest BCUT2D eigenvalue weighted by molar-refractivity contribution is 0.659. The Labute approximate surface area is 342 Å². The van der Waals surface area contributed by atoms with Crippen LogP contribution in [0.25, 0.3) is 51.3 Å². The lowest BCUT2D eigenvalue weighted by Crippen LogP contribution is -2.25. The van der Waals surface area contributed by atoms with Crippen LogP contribution in [0.1, 0.15) is 66.5 Å². The fraction of sp³-hybridized carbons (Fsp3) is 0.143. The third-order valence-corrected chi connectivity index (χ3v) is 13.0. The van der Waals surface area contributed by atoms with Crippen LogP contribution in [-0.2, 0) is 11.8 Å². The van der Waals surface area contributed by atoms with E-state index >= 15 is 0 Å². The van der Waals surface area contributed by atoms with E-state index in [9.17, 15) is 0 Å². The first-order valence-electron chi connectivity index (χ1n) is 20.9. The number of para-hydroxylation sites is 2. The number of aryl methyl sites for hydroxylation is 1. The van der Waals surface area contributed by atoms with E-state index in [0.717, 1.165) is 25.8 Å². The average molecular weight is 747 g/mol. The number of fused-ring (bicyclic) bond motifs is 6. The normalized spacial score (nSPS) is 16.2. The van der Waals surface area contributed by atoms with Crippen LogP contribution in [0.3, 0.4) is 0 Å². The van der Waals surface area contributed by atoms with E-state index in [0.29, 0.717) is 0 Å². The maximum absolute atomic E-state index is 2.52. The molecule has 2 aliphatic heterocycles. The summed E-state index contributed by atoms with van der Waals surface area (Å²) >= 11 is 0. The molecule has 0 atom stereocenters. The van der Waals surface area contributed by atoms with Crippen LogP contribution >= 0.6 is 0 Å². The molecule has 2 nitrogen and oxygen atoms in total. The van der Waals surface area contributed by atoms with E-state index in [2.05, 4.69) is 206 Å². The smallest absolute Gasteiger partial charge is 0.0537 e. The second kappa shape index (κ2) is 13.8. The summed E-state index contributed by atoms with van der Waals surface area (Å²) in [4.78, 5) is 5.03. The highest BCUT2D eigenvalue weighted by Crippen LogP contribution is 2.51. The van der Waals surface area contributed by atoms with Gasteiger partial charge >= 0.3 is 0 Å². The van der Waals surface area contributed by atoms with E-state index in [-0.39, 0.29) is 5.41 Å². The van der Waals surface area contributed by atoms with Gasteiger partial charge in [0.1, 0.15) is 0 Å². The van der Waals surface area contributed by atoms with Gasteiger partial charge in [-0.15, -0.1) is 0 Å². The minimum Gasteiger partial charge on any atom is -0.341 e. The fourth-order valence-electron chi connectivity index (χ4n) is 10.0. The summed E-state index contributed by atoms with van der Waals surface area (Å²) in [7, 11) is 0. The number of allylic oxidation sites excluding steroid dienone is 5. The summed E-state index contributed by atoms with van der Waals surface area (Å²) in [6.07, 6.45) is 18.1. The van der Waals surface area contributed by atoms with Gasteiger partial charge in [-0.3, -0.25) is 0 Å². The number of rotatable bonds is 5. The molecule has 0 N–H and O–H groups in total. The lowest BCUT2D eigenvalue weighted by atomic mass is 9.81. The van der Waals surface area contributed by atoms with Gasteiger partial charge in [0.05, 0.1) is 11.4 Å². The Morgan fingerprint density at radius 1 is 0.552 bits per heavy atom. The molecule has 11 rings (SSSR count). The molecule has 0 unspecified atom stereocenters. The maximum Gasteiger partial charge on any atom is 0.0537 e. The zero-order chi connectivity index (χ0) is 38.8. The molecule has 0 saturated carbocycles. The van der Waals surface area contributed by atoms with Gasteiger partial charge in [0, 0.05) is 34.4 Å². The van der Waals surface area contributed by atoms with Crippen LogP contribution in [0.2, 0.25) is 0 Å². The van der Waals surface area contributed by atoms with Crippen molar-refractivity contribution in [2.45, 2.75) is 44.9 Å². The zero-order valence-electron chi connectivity index (χ0n) is 33.3. The Bertz CT molecular complexity index is 2900. The lowest BCUT2D eigenvalue weighted by Gasteiger charge is -2.32.